The Hall–Kier alpha value is -2.60. The van der Waals surface area contributed by atoms with Gasteiger partial charge in [-0.25, -0.2) is 9.89 Å². The van der Waals surface area contributed by atoms with Gasteiger partial charge in [0.25, 0.3) is 0 Å². The molecule has 0 radical (unpaired) electrons. The summed E-state index contributed by atoms with van der Waals surface area (Å²) in [4.78, 5) is 11.8. The number of aryl methyl sites for hydroxylation is 2. The van der Waals surface area contributed by atoms with Crippen molar-refractivity contribution in [1.29, 1.82) is 0 Å². The summed E-state index contributed by atoms with van der Waals surface area (Å²) in [6.45, 7) is 4.18. The molecule has 1 aromatic heterocycles. The van der Waals surface area contributed by atoms with Crippen molar-refractivity contribution in [2.75, 3.05) is 0 Å². The Kier molecular flexibility index (Phi) is 4.16. The van der Waals surface area contributed by atoms with Crippen molar-refractivity contribution in [3.8, 4) is 11.4 Å². The predicted molar refractivity (Wildman–Crippen MR) is 87.2 cm³/mol. The van der Waals surface area contributed by atoms with Crippen LogP contribution in [0.5, 0.6) is 5.75 Å². The fourth-order valence-electron chi connectivity index (χ4n) is 2.30. The van der Waals surface area contributed by atoms with Gasteiger partial charge in [0.2, 0.25) is 0 Å². The third-order valence-corrected chi connectivity index (χ3v) is 3.84. The van der Waals surface area contributed by atoms with Crippen molar-refractivity contribution in [2.45, 2.75) is 20.5 Å². The molecule has 0 atom stereocenters. The molecule has 6 nitrogen and oxygen atoms in total. The van der Waals surface area contributed by atoms with E-state index in [2.05, 4.69) is 15.5 Å². The van der Waals surface area contributed by atoms with E-state index in [0.29, 0.717) is 16.5 Å². The molecule has 0 saturated heterocycles. The van der Waals surface area contributed by atoms with Crippen LogP contribution in [0.15, 0.2) is 41.2 Å². The SMILES string of the molecule is Cc1ccc(OCc2c(C)cccc2-n2nn[nH]c2=O)c(Cl)c1. The normalized spacial score (nSPS) is 10.7. The molecule has 118 valence electrons. The van der Waals surface area contributed by atoms with Crippen molar-refractivity contribution < 1.29 is 4.74 Å². The Morgan fingerprint density at radius 2 is 2.09 bits per heavy atom. The molecule has 7 heteroatoms. The van der Waals surface area contributed by atoms with Gasteiger partial charge < -0.3 is 4.74 Å². The van der Waals surface area contributed by atoms with Crippen molar-refractivity contribution in [3.05, 3.63) is 68.6 Å². The van der Waals surface area contributed by atoms with Gasteiger partial charge in [-0.1, -0.05) is 29.8 Å². The third-order valence-electron chi connectivity index (χ3n) is 3.55. The van der Waals surface area contributed by atoms with E-state index in [1.165, 1.54) is 4.68 Å². The van der Waals surface area contributed by atoms with E-state index in [1.807, 2.05) is 44.2 Å². The zero-order chi connectivity index (χ0) is 16.4. The quantitative estimate of drug-likeness (QED) is 0.798. The van der Waals surface area contributed by atoms with Gasteiger partial charge in [-0.3, -0.25) is 0 Å². The van der Waals surface area contributed by atoms with Crippen LogP contribution in [-0.4, -0.2) is 20.2 Å². The highest BCUT2D eigenvalue weighted by Crippen LogP contribution is 2.27. The number of ether oxygens (including phenoxy) is 1. The minimum atomic E-state index is -0.398. The number of hydrogen-bond donors (Lipinski definition) is 1. The summed E-state index contributed by atoms with van der Waals surface area (Å²) >= 11 is 6.19. The van der Waals surface area contributed by atoms with E-state index in [9.17, 15) is 4.79 Å². The number of aromatic nitrogens is 4. The zero-order valence-electron chi connectivity index (χ0n) is 12.7. The first-order chi connectivity index (χ1) is 11.1. The highest BCUT2D eigenvalue weighted by Gasteiger charge is 2.12. The number of nitrogens with zero attached hydrogens (tertiary/aromatic N) is 3. The molecule has 0 aliphatic carbocycles. The van der Waals surface area contributed by atoms with Crippen molar-refractivity contribution in [1.82, 2.24) is 20.2 Å². The lowest BCUT2D eigenvalue weighted by atomic mass is 10.1. The van der Waals surface area contributed by atoms with Gasteiger partial charge in [0.15, 0.2) is 0 Å². The number of H-pyrrole nitrogens is 1. The second-order valence-electron chi connectivity index (χ2n) is 5.21. The van der Waals surface area contributed by atoms with Gasteiger partial charge >= 0.3 is 5.69 Å². The van der Waals surface area contributed by atoms with Crippen LogP contribution >= 0.6 is 11.6 Å². The van der Waals surface area contributed by atoms with Crippen molar-refractivity contribution in [3.63, 3.8) is 0 Å². The molecule has 0 aliphatic heterocycles. The van der Waals surface area contributed by atoms with Crippen LogP contribution in [0.1, 0.15) is 16.7 Å². The van der Waals surface area contributed by atoms with Gasteiger partial charge in [-0.15, -0.1) is 0 Å². The maximum absolute atomic E-state index is 11.8. The number of halogens is 1. The third kappa shape index (κ3) is 3.12. The summed E-state index contributed by atoms with van der Waals surface area (Å²) in [7, 11) is 0. The largest absolute Gasteiger partial charge is 0.487 e. The predicted octanol–water partition coefficient (Wildman–Crippen LogP) is 2.80. The van der Waals surface area contributed by atoms with Gasteiger partial charge in [0.1, 0.15) is 12.4 Å². The van der Waals surface area contributed by atoms with Gasteiger partial charge in [0.05, 0.1) is 10.7 Å². The van der Waals surface area contributed by atoms with Gasteiger partial charge in [-0.05, 0) is 53.6 Å². The van der Waals surface area contributed by atoms with Gasteiger partial charge in [-0.2, -0.15) is 4.68 Å². The van der Waals surface area contributed by atoms with E-state index in [0.717, 1.165) is 16.7 Å². The molecule has 0 unspecified atom stereocenters. The number of nitrogens with one attached hydrogen (secondary N) is 1. The van der Waals surface area contributed by atoms with E-state index in [4.69, 9.17) is 16.3 Å². The molecule has 3 rings (SSSR count). The van der Waals surface area contributed by atoms with Crippen LogP contribution in [0.3, 0.4) is 0 Å². The zero-order valence-corrected chi connectivity index (χ0v) is 13.5. The molecule has 0 saturated carbocycles. The summed E-state index contributed by atoms with van der Waals surface area (Å²) in [5, 5.41) is 10.2. The fraction of sp³-hybridized carbons (Fsp3) is 0.188. The van der Waals surface area contributed by atoms with Crippen molar-refractivity contribution in [2.24, 2.45) is 0 Å². The van der Waals surface area contributed by atoms with Crippen LogP contribution in [0.25, 0.3) is 5.69 Å². The fourth-order valence-corrected chi connectivity index (χ4v) is 2.59. The van der Waals surface area contributed by atoms with Crippen LogP contribution < -0.4 is 10.4 Å². The average Bonchev–Trinajstić information content (AvgIpc) is 2.93. The smallest absolute Gasteiger partial charge is 0.365 e. The molecule has 23 heavy (non-hydrogen) atoms. The van der Waals surface area contributed by atoms with E-state index in [-0.39, 0.29) is 6.61 Å². The number of hydrogen-bond acceptors (Lipinski definition) is 4. The Morgan fingerprint density at radius 1 is 1.26 bits per heavy atom. The molecule has 0 bridgehead atoms. The van der Waals surface area contributed by atoms with Crippen LogP contribution in [-0.2, 0) is 6.61 Å². The Labute approximate surface area is 137 Å². The van der Waals surface area contributed by atoms with E-state index < -0.39 is 5.69 Å². The summed E-state index contributed by atoms with van der Waals surface area (Å²) in [6, 6.07) is 11.2. The summed E-state index contributed by atoms with van der Waals surface area (Å²) in [5.74, 6) is 0.596. The van der Waals surface area contributed by atoms with E-state index >= 15 is 0 Å². The second kappa shape index (κ2) is 6.26. The molecule has 0 aliphatic rings. The second-order valence-corrected chi connectivity index (χ2v) is 5.62. The lowest BCUT2D eigenvalue weighted by Crippen LogP contribution is -2.18. The molecule has 0 fully saturated rings. The Bertz CT molecular complexity index is 901. The van der Waals surface area contributed by atoms with Gasteiger partial charge in [0, 0.05) is 5.56 Å². The Balaban J connectivity index is 1.94. The first kappa shape index (κ1) is 15.3. The van der Waals surface area contributed by atoms with Crippen molar-refractivity contribution >= 4 is 11.6 Å². The highest BCUT2D eigenvalue weighted by atomic mass is 35.5. The molecule has 1 heterocycles. The van der Waals surface area contributed by atoms with E-state index in [1.54, 1.807) is 6.07 Å². The van der Waals surface area contributed by atoms with Crippen LogP contribution in [0.4, 0.5) is 0 Å². The lowest BCUT2D eigenvalue weighted by molar-refractivity contribution is 0.305. The first-order valence-electron chi connectivity index (χ1n) is 7.04. The minimum absolute atomic E-state index is 0.268. The molecule has 1 N–H and O–H groups in total. The molecule has 0 amide bonds. The Morgan fingerprint density at radius 3 is 2.78 bits per heavy atom. The topological polar surface area (TPSA) is 72.8 Å². The maximum Gasteiger partial charge on any atom is 0.365 e. The minimum Gasteiger partial charge on any atom is -0.487 e. The summed E-state index contributed by atoms with van der Waals surface area (Å²) in [6.07, 6.45) is 0. The van der Waals surface area contributed by atoms with Crippen LogP contribution in [0.2, 0.25) is 5.02 Å². The lowest BCUT2D eigenvalue weighted by Gasteiger charge is -2.13. The molecular formula is C16H15ClN4O2. The highest BCUT2D eigenvalue weighted by molar-refractivity contribution is 6.32. The molecule has 3 aromatic rings. The molecular weight excluding hydrogens is 316 g/mol. The molecule has 2 aromatic carbocycles. The average molecular weight is 331 g/mol. The molecule has 0 spiro atoms. The maximum atomic E-state index is 11.8. The first-order valence-corrected chi connectivity index (χ1v) is 7.42. The van der Waals surface area contributed by atoms with Crippen LogP contribution in [0, 0.1) is 13.8 Å². The number of benzene rings is 2. The summed E-state index contributed by atoms with van der Waals surface area (Å²) in [5.41, 5.74) is 3.13. The number of aromatic amines is 1. The standard InChI is InChI=1S/C16H15ClN4O2/c1-10-6-7-15(13(17)8-10)23-9-12-11(2)4-3-5-14(12)21-16(22)18-19-20-21/h3-8H,9H2,1-2H3,(H,18,20,22). The number of tetrazole rings is 1. The monoisotopic (exact) mass is 330 g/mol. The summed E-state index contributed by atoms with van der Waals surface area (Å²) < 4.78 is 7.04. The number of rotatable bonds is 4.